The van der Waals surface area contributed by atoms with Crippen LogP contribution in [0.15, 0.2) is 22.7 Å². The third kappa shape index (κ3) is 2.70. The summed E-state index contributed by atoms with van der Waals surface area (Å²) >= 11 is 9.52. The number of halogens is 2. The molecular formula is C12H16BrClN2. The van der Waals surface area contributed by atoms with Crippen LogP contribution < -0.4 is 10.2 Å². The van der Waals surface area contributed by atoms with E-state index in [4.69, 9.17) is 11.6 Å². The van der Waals surface area contributed by atoms with Crippen molar-refractivity contribution in [3.63, 3.8) is 0 Å². The minimum atomic E-state index is 0.757. The number of anilines is 1. The molecule has 88 valence electrons. The fourth-order valence-electron chi connectivity index (χ4n) is 2.24. The van der Waals surface area contributed by atoms with E-state index in [2.05, 4.69) is 32.2 Å². The lowest BCUT2D eigenvalue weighted by atomic mass is 10.1. The number of nitrogens with one attached hydrogen (secondary N) is 1. The van der Waals surface area contributed by atoms with Gasteiger partial charge >= 0.3 is 0 Å². The molecule has 1 aromatic rings. The summed E-state index contributed by atoms with van der Waals surface area (Å²) in [5, 5.41) is 4.03. The third-order valence-corrected chi connectivity index (χ3v) is 3.90. The molecule has 16 heavy (non-hydrogen) atoms. The van der Waals surface area contributed by atoms with Crippen LogP contribution >= 0.6 is 27.5 Å². The lowest BCUT2D eigenvalue weighted by Gasteiger charge is -2.20. The molecule has 1 saturated heterocycles. The van der Waals surface area contributed by atoms with E-state index in [1.165, 1.54) is 12.1 Å². The van der Waals surface area contributed by atoms with Crippen LogP contribution in [0.25, 0.3) is 0 Å². The van der Waals surface area contributed by atoms with Crippen LogP contribution in [-0.4, -0.2) is 26.7 Å². The zero-order valence-corrected chi connectivity index (χ0v) is 11.7. The summed E-state index contributed by atoms with van der Waals surface area (Å²) in [4.78, 5) is 2.42. The van der Waals surface area contributed by atoms with Gasteiger partial charge in [0.05, 0.1) is 5.69 Å². The normalized spacial score (nSPS) is 20.4. The van der Waals surface area contributed by atoms with E-state index in [9.17, 15) is 0 Å². The zero-order chi connectivity index (χ0) is 11.5. The summed E-state index contributed by atoms with van der Waals surface area (Å²) < 4.78 is 1.09. The summed E-state index contributed by atoms with van der Waals surface area (Å²) in [7, 11) is 2.01. The Labute approximate surface area is 110 Å². The summed E-state index contributed by atoms with van der Waals surface area (Å²) in [5.41, 5.74) is 1.25. The van der Waals surface area contributed by atoms with Crippen molar-refractivity contribution in [3.8, 4) is 0 Å². The Morgan fingerprint density at radius 3 is 3.06 bits per heavy atom. The van der Waals surface area contributed by atoms with E-state index < -0.39 is 0 Å². The lowest BCUT2D eigenvalue weighted by Crippen LogP contribution is -2.24. The third-order valence-electron chi connectivity index (χ3n) is 3.03. The van der Waals surface area contributed by atoms with Crippen molar-refractivity contribution in [1.29, 1.82) is 0 Å². The van der Waals surface area contributed by atoms with Gasteiger partial charge in [0.25, 0.3) is 0 Å². The molecule has 4 heteroatoms. The predicted octanol–water partition coefficient (Wildman–Crippen LogP) is 3.15. The standard InChI is InChI=1S/C12H16BrClN2/c1-15-7-9-4-5-16(8-9)12-3-2-10(14)6-11(12)13/h2-3,6,9,15H,4-5,7-8H2,1H3. The van der Waals surface area contributed by atoms with E-state index in [0.29, 0.717) is 0 Å². The molecule has 1 aliphatic rings. The van der Waals surface area contributed by atoms with Crippen LogP contribution in [0.5, 0.6) is 0 Å². The smallest absolute Gasteiger partial charge is 0.0511 e. The van der Waals surface area contributed by atoms with Gasteiger partial charge in [-0.05, 0) is 60.1 Å². The van der Waals surface area contributed by atoms with Crippen molar-refractivity contribution in [2.75, 3.05) is 31.6 Å². The van der Waals surface area contributed by atoms with Gasteiger partial charge < -0.3 is 10.2 Å². The lowest BCUT2D eigenvalue weighted by molar-refractivity contribution is 0.549. The molecule has 1 aliphatic heterocycles. The molecule has 0 saturated carbocycles. The highest BCUT2D eigenvalue weighted by Crippen LogP contribution is 2.32. The van der Waals surface area contributed by atoms with Gasteiger partial charge in [0.1, 0.15) is 0 Å². The molecule has 0 spiro atoms. The fourth-order valence-corrected chi connectivity index (χ4v) is 3.18. The van der Waals surface area contributed by atoms with Crippen LogP contribution in [0.3, 0.4) is 0 Å². The quantitative estimate of drug-likeness (QED) is 0.923. The molecule has 1 heterocycles. The van der Waals surface area contributed by atoms with Crippen molar-refractivity contribution < 1.29 is 0 Å². The highest BCUT2D eigenvalue weighted by molar-refractivity contribution is 9.10. The molecule has 0 aliphatic carbocycles. The number of hydrogen-bond donors (Lipinski definition) is 1. The van der Waals surface area contributed by atoms with E-state index >= 15 is 0 Å². The van der Waals surface area contributed by atoms with Crippen LogP contribution in [0.2, 0.25) is 5.02 Å². The topological polar surface area (TPSA) is 15.3 Å². The van der Waals surface area contributed by atoms with Gasteiger partial charge in [-0.3, -0.25) is 0 Å². The molecule has 1 fully saturated rings. The van der Waals surface area contributed by atoms with Gasteiger partial charge in [-0.15, -0.1) is 0 Å². The summed E-state index contributed by atoms with van der Waals surface area (Å²) in [5.74, 6) is 0.757. The molecule has 2 rings (SSSR count). The van der Waals surface area contributed by atoms with E-state index in [0.717, 1.165) is 35.0 Å². The van der Waals surface area contributed by atoms with Gasteiger partial charge in [0, 0.05) is 22.6 Å². The molecule has 1 aromatic carbocycles. The van der Waals surface area contributed by atoms with E-state index in [1.54, 1.807) is 0 Å². The van der Waals surface area contributed by atoms with Crippen molar-refractivity contribution >= 4 is 33.2 Å². The Bertz CT molecular complexity index is 370. The van der Waals surface area contributed by atoms with E-state index in [-0.39, 0.29) is 0 Å². The molecular weight excluding hydrogens is 288 g/mol. The van der Waals surface area contributed by atoms with Gasteiger partial charge in [-0.2, -0.15) is 0 Å². The van der Waals surface area contributed by atoms with Gasteiger partial charge in [0.2, 0.25) is 0 Å². The second-order valence-corrected chi connectivity index (χ2v) is 5.54. The monoisotopic (exact) mass is 302 g/mol. The SMILES string of the molecule is CNCC1CCN(c2ccc(Cl)cc2Br)C1. The molecule has 1 N–H and O–H groups in total. The number of hydrogen-bond acceptors (Lipinski definition) is 2. The Morgan fingerprint density at radius 1 is 1.56 bits per heavy atom. The Balaban J connectivity index is 2.08. The number of nitrogens with zero attached hydrogens (tertiary/aromatic N) is 1. The molecule has 1 atom stereocenters. The zero-order valence-electron chi connectivity index (χ0n) is 9.34. The first-order chi connectivity index (χ1) is 7.70. The molecule has 0 aromatic heterocycles. The Kier molecular flexibility index (Phi) is 4.11. The molecule has 0 amide bonds. The van der Waals surface area contributed by atoms with E-state index in [1.807, 2.05) is 19.2 Å². The summed E-state index contributed by atoms with van der Waals surface area (Å²) in [6, 6.07) is 6.00. The van der Waals surface area contributed by atoms with Crippen LogP contribution in [0, 0.1) is 5.92 Å². The average Bonchev–Trinajstić information content (AvgIpc) is 2.67. The maximum atomic E-state index is 5.94. The first kappa shape index (κ1) is 12.2. The Morgan fingerprint density at radius 2 is 2.38 bits per heavy atom. The molecule has 0 radical (unpaired) electrons. The first-order valence-electron chi connectivity index (χ1n) is 5.55. The molecule has 1 unspecified atom stereocenters. The highest BCUT2D eigenvalue weighted by Gasteiger charge is 2.23. The average molecular weight is 304 g/mol. The maximum Gasteiger partial charge on any atom is 0.0511 e. The second kappa shape index (κ2) is 5.39. The maximum absolute atomic E-state index is 5.94. The summed E-state index contributed by atoms with van der Waals surface area (Å²) in [6.07, 6.45) is 1.26. The minimum Gasteiger partial charge on any atom is -0.370 e. The first-order valence-corrected chi connectivity index (χ1v) is 6.72. The van der Waals surface area contributed by atoms with Crippen LogP contribution in [0.1, 0.15) is 6.42 Å². The molecule has 0 bridgehead atoms. The van der Waals surface area contributed by atoms with Gasteiger partial charge in [0.15, 0.2) is 0 Å². The fraction of sp³-hybridized carbons (Fsp3) is 0.500. The van der Waals surface area contributed by atoms with Crippen molar-refractivity contribution in [2.24, 2.45) is 5.92 Å². The summed E-state index contributed by atoms with van der Waals surface area (Å²) in [6.45, 7) is 3.36. The van der Waals surface area contributed by atoms with Crippen molar-refractivity contribution in [1.82, 2.24) is 5.32 Å². The van der Waals surface area contributed by atoms with Crippen LogP contribution in [0.4, 0.5) is 5.69 Å². The Hall–Kier alpha value is -0.250. The minimum absolute atomic E-state index is 0.757. The largest absolute Gasteiger partial charge is 0.370 e. The number of rotatable bonds is 3. The van der Waals surface area contributed by atoms with Crippen molar-refractivity contribution in [2.45, 2.75) is 6.42 Å². The van der Waals surface area contributed by atoms with Gasteiger partial charge in [-0.25, -0.2) is 0 Å². The van der Waals surface area contributed by atoms with Crippen LogP contribution in [-0.2, 0) is 0 Å². The second-order valence-electron chi connectivity index (χ2n) is 4.25. The van der Waals surface area contributed by atoms with Gasteiger partial charge in [-0.1, -0.05) is 11.6 Å². The molecule has 2 nitrogen and oxygen atoms in total. The van der Waals surface area contributed by atoms with Crippen molar-refractivity contribution in [3.05, 3.63) is 27.7 Å². The highest BCUT2D eigenvalue weighted by atomic mass is 79.9. The number of benzene rings is 1. The predicted molar refractivity (Wildman–Crippen MR) is 73.4 cm³/mol.